The Morgan fingerprint density at radius 1 is 1.10 bits per heavy atom. The van der Waals surface area contributed by atoms with E-state index in [-0.39, 0.29) is 11.9 Å². The average molecular weight is 419 g/mol. The lowest BCUT2D eigenvalue weighted by atomic mass is 10.0. The third-order valence-corrected chi connectivity index (χ3v) is 6.32. The van der Waals surface area contributed by atoms with Crippen LogP contribution in [-0.4, -0.2) is 33.7 Å². The highest BCUT2D eigenvalue weighted by molar-refractivity contribution is 7.92. The minimum atomic E-state index is -3.65. The summed E-state index contributed by atoms with van der Waals surface area (Å²) in [5.41, 5.74) is 3.44. The van der Waals surface area contributed by atoms with Crippen LogP contribution in [0.25, 0.3) is 0 Å². The summed E-state index contributed by atoms with van der Waals surface area (Å²) in [6, 6.07) is 11.7. The number of aryl methyl sites for hydroxylation is 2. The molecule has 0 fully saturated rings. The third-order valence-electron chi connectivity index (χ3n) is 5.08. The van der Waals surface area contributed by atoms with Gasteiger partial charge in [-0.1, -0.05) is 25.1 Å². The number of nitrogens with zero attached hydrogens (tertiary/aromatic N) is 1. The Morgan fingerprint density at radius 3 is 2.21 bits per heavy atom. The van der Waals surface area contributed by atoms with Crippen molar-refractivity contribution in [3.05, 3.63) is 59.2 Å². The maximum absolute atomic E-state index is 13.0. The molecule has 0 aromatic heterocycles. The molecule has 0 bridgehead atoms. The molecule has 0 aliphatic carbocycles. The molecule has 0 radical (unpaired) electrons. The van der Waals surface area contributed by atoms with E-state index in [2.05, 4.69) is 5.32 Å². The molecular formula is C22H30N2O4S. The van der Waals surface area contributed by atoms with E-state index in [4.69, 9.17) is 4.74 Å². The first-order chi connectivity index (χ1) is 13.6. The number of hydrogen-bond donors (Lipinski definition) is 1. The number of benzene rings is 2. The van der Waals surface area contributed by atoms with E-state index in [0.717, 1.165) is 28.7 Å². The number of ether oxygens (including phenoxy) is 1. The number of sulfonamides is 1. The molecule has 2 atom stereocenters. The van der Waals surface area contributed by atoms with Gasteiger partial charge in [0.25, 0.3) is 0 Å². The van der Waals surface area contributed by atoms with Gasteiger partial charge in [-0.3, -0.25) is 9.10 Å². The van der Waals surface area contributed by atoms with Crippen molar-refractivity contribution in [1.82, 2.24) is 5.32 Å². The molecule has 0 spiro atoms. The first-order valence-electron chi connectivity index (χ1n) is 9.59. The van der Waals surface area contributed by atoms with Gasteiger partial charge in [-0.25, -0.2) is 8.42 Å². The summed E-state index contributed by atoms with van der Waals surface area (Å²) in [6.07, 6.45) is 1.79. The van der Waals surface area contributed by atoms with Gasteiger partial charge in [0.05, 0.1) is 25.1 Å². The highest BCUT2D eigenvalue weighted by atomic mass is 32.2. The van der Waals surface area contributed by atoms with Crippen LogP contribution in [0.1, 0.15) is 43.0 Å². The average Bonchev–Trinajstić information content (AvgIpc) is 2.67. The summed E-state index contributed by atoms with van der Waals surface area (Å²) in [6.45, 7) is 7.45. The van der Waals surface area contributed by atoms with Crippen molar-refractivity contribution in [2.24, 2.45) is 0 Å². The minimum Gasteiger partial charge on any atom is -0.497 e. The summed E-state index contributed by atoms with van der Waals surface area (Å²) < 4.78 is 31.4. The number of carbonyl (C=O) groups is 1. The minimum absolute atomic E-state index is 0.225. The number of amides is 1. The van der Waals surface area contributed by atoms with Gasteiger partial charge in [-0.15, -0.1) is 0 Å². The van der Waals surface area contributed by atoms with E-state index >= 15 is 0 Å². The molecule has 29 heavy (non-hydrogen) atoms. The first kappa shape index (κ1) is 22.7. The summed E-state index contributed by atoms with van der Waals surface area (Å²) in [4.78, 5) is 13.0. The summed E-state index contributed by atoms with van der Waals surface area (Å²) in [5.74, 6) is 0.387. The fraction of sp³-hybridized carbons (Fsp3) is 0.409. The van der Waals surface area contributed by atoms with Gasteiger partial charge in [0.15, 0.2) is 0 Å². The number of anilines is 1. The molecule has 0 heterocycles. The molecule has 0 unspecified atom stereocenters. The van der Waals surface area contributed by atoms with E-state index in [1.54, 1.807) is 26.2 Å². The van der Waals surface area contributed by atoms with Gasteiger partial charge in [0.2, 0.25) is 15.9 Å². The lowest BCUT2D eigenvalue weighted by molar-refractivity contribution is -0.122. The van der Waals surface area contributed by atoms with E-state index in [9.17, 15) is 13.2 Å². The highest BCUT2D eigenvalue weighted by Gasteiger charge is 2.30. The lowest BCUT2D eigenvalue weighted by Crippen LogP contribution is -2.48. The predicted octanol–water partition coefficient (Wildman–Crippen LogP) is 3.73. The second kappa shape index (κ2) is 9.31. The Hall–Kier alpha value is -2.54. The van der Waals surface area contributed by atoms with Crippen LogP contribution in [-0.2, 0) is 14.8 Å². The summed E-state index contributed by atoms with van der Waals surface area (Å²) in [7, 11) is -2.05. The first-order valence-corrected chi connectivity index (χ1v) is 11.4. The van der Waals surface area contributed by atoms with Gasteiger partial charge < -0.3 is 10.1 Å². The zero-order chi connectivity index (χ0) is 21.8. The third kappa shape index (κ3) is 5.50. The van der Waals surface area contributed by atoms with Gasteiger partial charge in [-0.2, -0.15) is 0 Å². The monoisotopic (exact) mass is 418 g/mol. The SMILES string of the molecule is CC[C@H](NC(=O)[C@H](C)N(c1ccc(C)c(C)c1)S(C)(=O)=O)c1ccc(OC)cc1. The van der Waals surface area contributed by atoms with E-state index < -0.39 is 16.1 Å². The molecule has 2 rings (SSSR count). The van der Waals surface area contributed by atoms with Crippen molar-refractivity contribution in [1.29, 1.82) is 0 Å². The maximum Gasteiger partial charge on any atom is 0.244 e. The molecule has 1 N–H and O–H groups in total. The molecule has 6 nitrogen and oxygen atoms in total. The van der Waals surface area contributed by atoms with Crippen LogP contribution in [0.5, 0.6) is 5.75 Å². The van der Waals surface area contributed by atoms with Crippen LogP contribution in [0.2, 0.25) is 0 Å². The van der Waals surface area contributed by atoms with Gasteiger partial charge in [-0.05, 0) is 68.1 Å². The zero-order valence-corrected chi connectivity index (χ0v) is 18.7. The molecule has 2 aromatic carbocycles. The topological polar surface area (TPSA) is 75.7 Å². The Balaban J connectivity index is 2.28. The second-order valence-corrected chi connectivity index (χ2v) is 9.11. The molecule has 2 aromatic rings. The smallest absolute Gasteiger partial charge is 0.244 e. The van der Waals surface area contributed by atoms with Crippen LogP contribution in [0.15, 0.2) is 42.5 Å². The van der Waals surface area contributed by atoms with Crippen molar-refractivity contribution >= 4 is 21.6 Å². The van der Waals surface area contributed by atoms with Crippen LogP contribution in [0.4, 0.5) is 5.69 Å². The summed E-state index contributed by atoms with van der Waals surface area (Å²) in [5, 5.41) is 2.98. The number of rotatable bonds is 8. The number of methoxy groups -OCH3 is 1. The molecule has 0 aliphatic heterocycles. The fourth-order valence-corrected chi connectivity index (χ4v) is 4.39. The molecule has 1 amide bonds. The van der Waals surface area contributed by atoms with E-state index in [1.165, 1.54) is 4.31 Å². The van der Waals surface area contributed by atoms with Crippen LogP contribution in [0, 0.1) is 13.8 Å². The Labute approximate surface area is 173 Å². The largest absolute Gasteiger partial charge is 0.497 e. The van der Waals surface area contributed by atoms with Gasteiger partial charge in [0.1, 0.15) is 11.8 Å². The summed E-state index contributed by atoms with van der Waals surface area (Å²) >= 11 is 0. The maximum atomic E-state index is 13.0. The van der Waals surface area contributed by atoms with E-state index in [1.807, 2.05) is 51.1 Å². The zero-order valence-electron chi connectivity index (χ0n) is 17.9. The predicted molar refractivity (Wildman–Crippen MR) is 117 cm³/mol. The highest BCUT2D eigenvalue weighted by Crippen LogP contribution is 2.25. The van der Waals surface area contributed by atoms with Gasteiger partial charge in [0, 0.05) is 0 Å². The van der Waals surface area contributed by atoms with Crippen LogP contribution >= 0.6 is 0 Å². The molecule has 0 aliphatic rings. The van der Waals surface area contributed by atoms with Crippen LogP contribution in [0.3, 0.4) is 0 Å². The second-order valence-electron chi connectivity index (χ2n) is 7.25. The fourth-order valence-electron chi connectivity index (χ4n) is 3.22. The Bertz CT molecular complexity index is 955. The number of nitrogens with one attached hydrogen (secondary N) is 1. The van der Waals surface area contributed by atoms with Crippen molar-refractivity contribution < 1.29 is 17.9 Å². The van der Waals surface area contributed by atoms with Gasteiger partial charge >= 0.3 is 0 Å². The van der Waals surface area contributed by atoms with E-state index in [0.29, 0.717) is 12.1 Å². The quantitative estimate of drug-likeness (QED) is 0.709. The lowest BCUT2D eigenvalue weighted by Gasteiger charge is -2.30. The molecule has 7 heteroatoms. The molecule has 0 saturated heterocycles. The molecule has 158 valence electrons. The number of carbonyl (C=O) groups excluding carboxylic acids is 1. The standard InChI is InChI=1S/C22H30N2O4S/c1-7-21(18-9-12-20(28-5)13-10-18)23-22(25)17(4)24(29(6,26)27)19-11-8-15(2)16(3)14-19/h8-14,17,21H,7H2,1-6H3,(H,23,25)/t17-,21-/m0/s1. The molecular weight excluding hydrogens is 388 g/mol. The molecule has 0 saturated carbocycles. The Kier molecular flexibility index (Phi) is 7.30. The Morgan fingerprint density at radius 2 is 1.72 bits per heavy atom. The normalized spacial score (nSPS) is 13.4. The van der Waals surface area contributed by atoms with Crippen molar-refractivity contribution in [2.75, 3.05) is 17.7 Å². The van der Waals surface area contributed by atoms with Crippen molar-refractivity contribution in [2.45, 2.75) is 46.2 Å². The van der Waals surface area contributed by atoms with Crippen molar-refractivity contribution in [3.8, 4) is 5.75 Å². The van der Waals surface area contributed by atoms with Crippen LogP contribution < -0.4 is 14.4 Å². The van der Waals surface area contributed by atoms with Crippen molar-refractivity contribution in [3.63, 3.8) is 0 Å². The number of hydrogen-bond acceptors (Lipinski definition) is 4.